The average molecular weight is 547 g/mol. The van der Waals surface area contributed by atoms with Gasteiger partial charge in [0.2, 0.25) is 0 Å². The summed E-state index contributed by atoms with van der Waals surface area (Å²) in [5.41, 5.74) is 0. The van der Waals surface area contributed by atoms with Crippen molar-refractivity contribution in [3.63, 3.8) is 0 Å². The van der Waals surface area contributed by atoms with Crippen molar-refractivity contribution in [3.8, 4) is 5.75 Å². The second kappa shape index (κ2) is 24.1. The van der Waals surface area contributed by atoms with E-state index in [-0.39, 0.29) is 6.61 Å². The zero-order chi connectivity index (χ0) is 26.9. The summed E-state index contributed by atoms with van der Waals surface area (Å²) in [6, 6.07) is 9.59. The third kappa shape index (κ3) is 23.8. The Hall–Kier alpha value is -0.990. The van der Waals surface area contributed by atoms with Gasteiger partial charge in [0.05, 0.1) is 45.7 Å². The Morgan fingerprint density at radius 3 is 1.70 bits per heavy atom. The van der Waals surface area contributed by atoms with Crippen molar-refractivity contribution in [1.29, 1.82) is 0 Å². The highest BCUT2D eigenvalue weighted by Crippen LogP contribution is 2.38. The van der Waals surface area contributed by atoms with Crippen LogP contribution in [0.5, 0.6) is 5.75 Å². The molecule has 0 aliphatic rings. The fourth-order valence-electron chi connectivity index (χ4n) is 3.96. The topological polar surface area (TPSA) is 104 Å². The Labute approximate surface area is 224 Å². The van der Waals surface area contributed by atoms with Gasteiger partial charge in [0.25, 0.3) is 0 Å². The van der Waals surface area contributed by atoms with Gasteiger partial charge in [-0.2, -0.15) is 0 Å². The number of benzene rings is 1. The third-order valence-electron chi connectivity index (χ3n) is 5.95. The molecule has 1 atom stereocenters. The molecule has 216 valence electrons. The van der Waals surface area contributed by atoms with Crippen LogP contribution in [0.4, 0.5) is 0 Å². The first-order valence-corrected chi connectivity index (χ1v) is 15.7. The van der Waals surface area contributed by atoms with Crippen molar-refractivity contribution in [3.05, 3.63) is 30.3 Å². The molecule has 2 N–H and O–H groups in total. The maximum absolute atomic E-state index is 11.3. The van der Waals surface area contributed by atoms with Crippen molar-refractivity contribution >= 4 is 7.82 Å². The normalized spacial score (nSPS) is 12.6. The van der Waals surface area contributed by atoms with E-state index in [0.717, 1.165) is 25.0 Å². The number of hydrogen-bond acceptors (Lipinski definition) is 6. The smallest absolute Gasteiger partial charge is 0.469 e. The molecule has 0 bridgehead atoms. The molecular formula is C28H51O8P. The molecule has 0 aliphatic heterocycles. The summed E-state index contributed by atoms with van der Waals surface area (Å²) >= 11 is 0. The molecule has 0 fully saturated rings. The summed E-state index contributed by atoms with van der Waals surface area (Å²) in [6.45, 7) is 4.95. The number of phosphoric ester groups is 1. The van der Waals surface area contributed by atoms with Crippen molar-refractivity contribution in [2.75, 3.05) is 46.2 Å². The highest BCUT2D eigenvalue weighted by Gasteiger charge is 2.22. The van der Waals surface area contributed by atoms with Gasteiger partial charge in [0.1, 0.15) is 12.4 Å². The summed E-state index contributed by atoms with van der Waals surface area (Å²) in [7, 11) is -4.54. The number of hydrogen-bond donors (Lipinski definition) is 2. The van der Waals surface area contributed by atoms with E-state index >= 15 is 0 Å². The van der Waals surface area contributed by atoms with Crippen LogP contribution >= 0.6 is 7.82 Å². The van der Waals surface area contributed by atoms with Gasteiger partial charge >= 0.3 is 7.82 Å². The van der Waals surface area contributed by atoms with Crippen molar-refractivity contribution in [1.82, 2.24) is 0 Å². The van der Waals surface area contributed by atoms with E-state index in [2.05, 4.69) is 6.92 Å². The van der Waals surface area contributed by atoms with E-state index in [1.54, 1.807) is 0 Å². The van der Waals surface area contributed by atoms with Crippen LogP contribution in [0.15, 0.2) is 30.3 Å². The van der Waals surface area contributed by atoms with E-state index in [1.165, 1.54) is 57.8 Å². The number of unbranched alkanes of at least 4 members (excludes halogenated alkanes) is 11. The Morgan fingerprint density at radius 1 is 0.676 bits per heavy atom. The lowest BCUT2D eigenvalue weighted by Gasteiger charge is -2.18. The second-order valence-electron chi connectivity index (χ2n) is 9.36. The molecule has 1 rings (SSSR count). The summed E-state index contributed by atoms with van der Waals surface area (Å²) in [6.07, 6.45) is 14.9. The van der Waals surface area contributed by atoms with Crippen LogP contribution in [0, 0.1) is 0 Å². The molecule has 37 heavy (non-hydrogen) atoms. The van der Waals surface area contributed by atoms with E-state index in [4.69, 9.17) is 23.5 Å². The van der Waals surface area contributed by atoms with E-state index in [1.807, 2.05) is 30.3 Å². The van der Waals surface area contributed by atoms with Crippen LogP contribution in [-0.2, 0) is 23.3 Å². The number of phosphoric acid groups is 1. The summed E-state index contributed by atoms with van der Waals surface area (Å²) in [4.78, 5) is 18.4. The molecule has 0 saturated heterocycles. The minimum Gasteiger partial charge on any atom is -0.491 e. The molecule has 0 aliphatic carbocycles. The van der Waals surface area contributed by atoms with Crippen molar-refractivity contribution in [2.45, 2.75) is 96.5 Å². The highest BCUT2D eigenvalue weighted by molar-refractivity contribution is 7.46. The Kier molecular flexibility index (Phi) is 22.2. The van der Waals surface area contributed by atoms with E-state index in [0.29, 0.717) is 46.1 Å². The van der Waals surface area contributed by atoms with Crippen LogP contribution in [0.1, 0.15) is 90.4 Å². The zero-order valence-corrected chi connectivity index (χ0v) is 23.8. The van der Waals surface area contributed by atoms with Crippen LogP contribution < -0.4 is 4.74 Å². The Balaban J connectivity index is 1.96. The zero-order valence-electron chi connectivity index (χ0n) is 22.9. The fraction of sp³-hybridized carbons (Fsp3) is 0.786. The predicted octanol–water partition coefficient (Wildman–Crippen LogP) is 6.68. The molecule has 1 aromatic carbocycles. The number of para-hydroxylation sites is 1. The van der Waals surface area contributed by atoms with Crippen LogP contribution in [0.2, 0.25) is 0 Å². The largest absolute Gasteiger partial charge is 0.491 e. The fourth-order valence-corrected chi connectivity index (χ4v) is 4.52. The van der Waals surface area contributed by atoms with Gasteiger partial charge in [-0.05, 0) is 18.6 Å². The first-order valence-electron chi connectivity index (χ1n) is 14.2. The number of ether oxygens (including phenoxy) is 4. The van der Waals surface area contributed by atoms with Crippen LogP contribution in [-0.4, -0.2) is 62.1 Å². The molecule has 0 spiro atoms. The van der Waals surface area contributed by atoms with Gasteiger partial charge in [0.15, 0.2) is 0 Å². The Bertz CT molecular complexity index is 655. The molecule has 0 saturated carbocycles. The summed E-state index contributed by atoms with van der Waals surface area (Å²) in [5.74, 6) is 0.819. The van der Waals surface area contributed by atoms with Crippen molar-refractivity contribution < 1.29 is 37.8 Å². The molecule has 0 amide bonds. The maximum atomic E-state index is 11.3. The van der Waals surface area contributed by atoms with Gasteiger partial charge < -0.3 is 28.7 Å². The Morgan fingerprint density at radius 2 is 1.16 bits per heavy atom. The molecule has 0 radical (unpaired) electrons. The quantitative estimate of drug-likeness (QED) is 0.0930. The maximum Gasteiger partial charge on any atom is 0.469 e. The standard InChI is InChI=1S/C28H51O8P/c1-2-3-4-5-6-7-8-9-10-11-12-14-19-28(36-37(29,30)31)26-34-23-22-32-20-21-33-24-25-35-27-17-15-13-16-18-27/h13,15-18,28H,2-12,14,19-26H2,1H3,(H2,29,30,31). The van der Waals surface area contributed by atoms with E-state index < -0.39 is 13.9 Å². The van der Waals surface area contributed by atoms with Gasteiger partial charge in [0, 0.05) is 0 Å². The molecular weight excluding hydrogens is 495 g/mol. The monoisotopic (exact) mass is 546 g/mol. The molecule has 1 aromatic rings. The molecule has 9 heteroatoms. The third-order valence-corrected chi connectivity index (χ3v) is 6.53. The molecule has 0 aromatic heterocycles. The first-order chi connectivity index (χ1) is 18.0. The van der Waals surface area contributed by atoms with Crippen molar-refractivity contribution in [2.24, 2.45) is 0 Å². The second-order valence-corrected chi connectivity index (χ2v) is 10.5. The average Bonchev–Trinajstić information content (AvgIpc) is 2.87. The summed E-state index contributed by atoms with van der Waals surface area (Å²) < 4.78 is 38.2. The lowest BCUT2D eigenvalue weighted by atomic mass is 10.0. The van der Waals surface area contributed by atoms with Crippen LogP contribution in [0.25, 0.3) is 0 Å². The number of rotatable bonds is 27. The SMILES string of the molecule is CCCCCCCCCCCCCCC(COCCOCCOCCOc1ccccc1)OP(=O)(O)O. The lowest BCUT2D eigenvalue weighted by molar-refractivity contribution is -0.0136. The molecule has 0 heterocycles. The highest BCUT2D eigenvalue weighted by atomic mass is 31.2. The van der Waals surface area contributed by atoms with Gasteiger partial charge in [-0.25, -0.2) is 4.57 Å². The minimum absolute atomic E-state index is 0.139. The molecule has 1 unspecified atom stereocenters. The summed E-state index contributed by atoms with van der Waals surface area (Å²) in [5, 5.41) is 0. The lowest BCUT2D eigenvalue weighted by Crippen LogP contribution is -2.21. The molecule has 8 nitrogen and oxygen atoms in total. The predicted molar refractivity (Wildman–Crippen MR) is 147 cm³/mol. The van der Waals surface area contributed by atoms with Crippen LogP contribution in [0.3, 0.4) is 0 Å². The van der Waals surface area contributed by atoms with Gasteiger partial charge in [-0.15, -0.1) is 0 Å². The van der Waals surface area contributed by atoms with E-state index in [9.17, 15) is 14.4 Å². The van der Waals surface area contributed by atoms with Gasteiger partial charge in [-0.3, -0.25) is 4.52 Å². The minimum atomic E-state index is -4.54. The van der Waals surface area contributed by atoms with Gasteiger partial charge in [-0.1, -0.05) is 102 Å². The first kappa shape index (κ1) is 34.0.